The van der Waals surface area contributed by atoms with E-state index in [-0.39, 0.29) is 18.1 Å². The predicted octanol–water partition coefficient (Wildman–Crippen LogP) is 3.89. The van der Waals surface area contributed by atoms with E-state index in [1.165, 1.54) is 22.9 Å². The Balaban J connectivity index is 1.89. The van der Waals surface area contributed by atoms with E-state index in [2.05, 4.69) is 23.6 Å². The molecule has 3 aromatic rings. The Morgan fingerprint density at radius 2 is 1.83 bits per heavy atom. The molecular formula is C20H20F3N3O3. The number of hydrogen-bond acceptors (Lipinski definition) is 4. The fraction of sp³-hybridized carbons (Fsp3) is 0.300. The second-order valence-electron chi connectivity index (χ2n) is 7.02. The van der Waals surface area contributed by atoms with Crippen LogP contribution in [0.25, 0.3) is 5.69 Å². The number of rotatable bonds is 6. The summed E-state index contributed by atoms with van der Waals surface area (Å²) in [4.78, 5) is 16.9. The van der Waals surface area contributed by atoms with Crippen molar-refractivity contribution in [1.82, 2.24) is 14.1 Å². The lowest BCUT2D eigenvalue weighted by atomic mass is 10.00. The molecule has 0 saturated heterocycles. The topological polar surface area (TPSA) is 69.3 Å². The molecule has 0 bridgehead atoms. The van der Waals surface area contributed by atoms with Gasteiger partial charge in [-0.25, -0.2) is 9.36 Å². The van der Waals surface area contributed by atoms with Crippen LogP contribution in [0.1, 0.15) is 25.0 Å². The third kappa shape index (κ3) is 4.98. The van der Waals surface area contributed by atoms with Crippen molar-refractivity contribution < 1.29 is 23.0 Å². The maximum Gasteiger partial charge on any atom is 0.573 e. The summed E-state index contributed by atoms with van der Waals surface area (Å²) in [5, 5.41) is 10.2. The third-order valence-corrected chi connectivity index (χ3v) is 4.24. The molecule has 29 heavy (non-hydrogen) atoms. The minimum absolute atomic E-state index is 0.220. The smallest absolute Gasteiger partial charge is 0.493 e. The summed E-state index contributed by atoms with van der Waals surface area (Å²) in [6.07, 6.45) is 0.687. The number of nitrogens with zero attached hydrogens (tertiary/aromatic N) is 3. The van der Waals surface area contributed by atoms with E-state index in [0.717, 1.165) is 34.2 Å². The van der Waals surface area contributed by atoms with Crippen LogP contribution in [0.15, 0.2) is 53.7 Å². The maximum atomic E-state index is 12.8. The van der Waals surface area contributed by atoms with Gasteiger partial charge in [0, 0.05) is 12.4 Å². The van der Waals surface area contributed by atoms with Crippen molar-refractivity contribution >= 4 is 0 Å². The van der Waals surface area contributed by atoms with Crippen molar-refractivity contribution in [2.24, 2.45) is 5.92 Å². The van der Waals surface area contributed by atoms with Gasteiger partial charge in [0.05, 0.1) is 18.4 Å². The lowest BCUT2D eigenvalue weighted by molar-refractivity contribution is -0.274. The molecule has 154 valence electrons. The standard InChI is InChI=1S/C20H20F3N3O3/c1-13(2)9-15-10-24-8-7-14(15)11-25-12-18(27)26(19(25)28)16-3-5-17(6-4-16)29-20(21,22)23/h3-8,10,12-13,27H,9,11H2,1-2H3. The summed E-state index contributed by atoms with van der Waals surface area (Å²) in [6, 6.07) is 6.51. The number of benzene rings is 1. The molecule has 0 aliphatic heterocycles. The van der Waals surface area contributed by atoms with Crippen molar-refractivity contribution in [3.8, 4) is 17.3 Å². The average molecular weight is 407 g/mol. The number of ether oxygens (including phenoxy) is 1. The van der Waals surface area contributed by atoms with E-state index in [1.54, 1.807) is 12.4 Å². The Bertz CT molecular complexity index is 1040. The fourth-order valence-corrected chi connectivity index (χ4v) is 3.05. The lowest BCUT2D eigenvalue weighted by Gasteiger charge is -2.11. The summed E-state index contributed by atoms with van der Waals surface area (Å²) < 4.78 is 43.0. The van der Waals surface area contributed by atoms with Crippen LogP contribution in [0.2, 0.25) is 0 Å². The van der Waals surface area contributed by atoms with Gasteiger partial charge in [0.1, 0.15) is 5.75 Å². The molecule has 3 rings (SSSR count). The first-order chi connectivity index (χ1) is 13.6. The van der Waals surface area contributed by atoms with Crippen molar-refractivity contribution in [3.05, 3.63) is 70.5 Å². The van der Waals surface area contributed by atoms with Crippen molar-refractivity contribution in [2.45, 2.75) is 33.2 Å². The highest BCUT2D eigenvalue weighted by molar-refractivity contribution is 5.40. The van der Waals surface area contributed by atoms with Gasteiger partial charge in [-0.2, -0.15) is 0 Å². The van der Waals surface area contributed by atoms with Gasteiger partial charge in [-0.15, -0.1) is 13.2 Å². The van der Waals surface area contributed by atoms with Crippen LogP contribution in [0, 0.1) is 5.92 Å². The molecule has 0 spiro atoms. The first kappa shape index (κ1) is 20.5. The van der Waals surface area contributed by atoms with E-state index in [1.807, 2.05) is 6.07 Å². The maximum absolute atomic E-state index is 12.8. The fourth-order valence-electron chi connectivity index (χ4n) is 3.05. The van der Waals surface area contributed by atoms with E-state index < -0.39 is 17.8 Å². The Morgan fingerprint density at radius 3 is 2.45 bits per heavy atom. The van der Waals surface area contributed by atoms with Crippen LogP contribution >= 0.6 is 0 Å². The molecule has 0 aliphatic carbocycles. The van der Waals surface area contributed by atoms with Crippen molar-refractivity contribution in [3.63, 3.8) is 0 Å². The molecule has 0 radical (unpaired) electrons. The number of alkyl halides is 3. The number of pyridine rings is 1. The monoisotopic (exact) mass is 407 g/mol. The molecule has 1 N–H and O–H groups in total. The summed E-state index contributed by atoms with van der Waals surface area (Å²) >= 11 is 0. The molecule has 0 atom stereocenters. The van der Waals surface area contributed by atoms with Gasteiger partial charge in [-0.3, -0.25) is 9.55 Å². The zero-order valence-corrected chi connectivity index (χ0v) is 15.8. The Hall–Kier alpha value is -3.23. The molecule has 0 amide bonds. The molecule has 0 fully saturated rings. The van der Waals surface area contributed by atoms with Gasteiger partial charge in [0.25, 0.3) is 0 Å². The van der Waals surface area contributed by atoms with Crippen LogP contribution in [-0.2, 0) is 13.0 Å². The van der Waals surface area contributed by atoms with E-state index in [0.29, 0.717) is 5.92 Å². The molecule has 2 aromatic heterocycles. The number of halogens is 3. The second-order valence-corrected chi connectivity index (χ2v) is 7.02. The van der Waals surface area contributed by atoms with Gasteiger partial charge in [0.2, 0.25) is 5.88 Å². The first-order valence-electron chi connectivity index (χ1n) is 8.93. The first-order valence-corrected chi connectivity index (χ1v) is 8.93. The minimum Gasteiger partial charge on any atom is -0.493 e. The molecular weight excluding hydrogens is 387 g/mol. The zero-order chi connectivity index (χ0) is 21.2. The highest BCUT2D eigenvalue weighted by Crippen LogP contribution is 2.24. The molecule has 1 aromatic carbocycles. The van der Waals surface area contributed by atoms with Crippen LogP contribution in [0.3, 0.4) is 0 Å². The SMILES string of the molecule is CC(C)Cc1cnccc1Cn1cc(O)n(-c2ccc(OC(F)(F)F)cc2)c1=O. The van der Waals surface area contributed by atoms with E-state index in [9.17, 15) is 23.1 Å². The Morgan fingerprint density at radius 1 is 1.14 bits per heavy atom. The van der Waals surface area contributed by atoms with E-state index >= 15 is 0 Å². The van der Waals surface area contributed by atoms with Crippen LogP contribution in [0.5, 0.6) is 11.6 Å². The normalized spacial score (nSPS) is 11.8. The highest BCUT2D eigenvalue weighted by Gasteiger charge is 2.31. The molecule has 6 nitrogen and oxygen atoms in total. The summed E-state index contributed by atoms with van der Waals surface area (Å²) in [5.41, 5.74) is 1.62. The van der Waals surface area contributed by atoms with Crippen LogP contribution in [-0.4, -0.2) is 25.6 Å². The van der Waals surface area contributed by atoms with Gasteiger partial charge in [-0.1, -0.05) is 13.8 Å². The molecule has 2 heterocycles. The minimum atomic E-state index is -4.80. The third-order valence-electron chi connectivity index (χ3n) is 4.24. The highest BCUT2D eigenvalue weighted by atomic mass is 19.4. The van der Waals surface area contributed by atoms with Gasteiger partial charge in [0.15, 0.2) is 0 Å². The van der Waals surface area contributed by atoms with Crippen LogP contribution in [0.4, 0.5) is 13.2 Å². The summed E-state index contributed by atoms with van der Waals surface area (Å²) in [7, 11) is 0. The number of aromatic hydroxyl groups is 1. The second kappa shape index (κ2) is 8.02. The van der Waals surface area contributed by atoms with Gasteiger partial charge >= 0.3 is 12.1 Å². The lowest BCUT2D eigenvalue weighted by Crippen LogP contribution is -2.24. The molecule has 0 saturated carbocycles. The Kier molecular flexibility index (Phi) is 5.67. The largest absolute Gasteiger partial charge is 0.573 e. The van der Waals surface area contributed by atoms with Crippen molar-refractivity contribution in [1.29, 1.82) is 0 Å². The number of aromatic nitrogens is 3. The van der Waals surface area contributed by atoms with Crippen LogP contribution < -0.4 is 10.4 Å². The number of hydrogen-bond donors (Lipinski definition) is 1. The Labute approximate surface area is 164 Å². The predicted molar refractivity (Wildman–Crippen MR) is 100 cm³/mol. The van der Waals surface area contributed by atoms with Crippen molar-refractivity contribution in [2.75, 3.05) is 0 Å². The average Bonchev–Trinajstić information content (AvgIpc) is 2.89. The number of imidazole rings is 1. The summed E-state index contributed by atoms with van der Waals surface area (Å²) in [5.74, 6) is -0.326. The molecule has 0 unspecified atom stereocenters. The molecule has 9 heteroatoms. The quantitative estimate of drug-likeness (QED) is 0.673. The summed E-state index contributed by atoms with van der Waals surface area (Å²) in [6.45, 7) is 4.40. The van der Waals surface area contributed by atoms with E-state index in [4.69, 9.17) is 0 Å². The zero-order valence-electron chi connectivity index (χ0n) is 15.8. The molecule has 0 aliphatic rings. The van der Waals surface area contributed by atoms with Gasteiger partial charge < -0.3 is 9.84 Å². The van der Waals surface area contributed by atoms with Gasteiger partial charge in [-0.05, 0) is 53.8 Å².